The number of carbonyl (C=O) groups is 1. The van der Waals surface area contributed by atoms with Crippen molar-refractivity contribution in [3.05, 3.63) is 11.6 Å². The summed E-state index contributed by atoms with van der Waals surface area (Å²) in [5, 5.41) is 8.82. The zero-order valence-corrected chi connectivity index (χ0v) is 17.4. The van der Waals surface area contributed by atoms with Gasteiger partial charge in [-0.1, -0.05) is 0 Å². The fourth-order valence-electron chi connectivity index (χ4n) is 4.12. The molecule has 8 nitrogen and oxygen atoms in total. The zero-order chi connectivity index (χ0) is 19.4. The molecule has 2 aliphatic heterocycles. The van der Waals surface area contributed by atoms with Crippen LogP contribution < -0.4 is 0 Å². The smallest absolute Gasteiger partial charge is 0.236 e. The van der Waals surface area contributed by atoms with Gasteiger partial charge in [0.2, 0.25) is 5.91 Å². The summed E-state index contributed by atoms with van der Waals surface area (Å²) in [6, 6.07) is 0. The number of hydrogen-bond donors (Lipinski definition) is 0. The van der Waals surface area contributed by atoms with Gasteiger partial charge in [0.05, 0.1) is 13.1 Å². The molecule has 0 N–H and O–H groups in total. The van der Waals surface area contributed by atoms with Crippen molar-refractivity contribution in [1.29, 1.82) is 0 Å². The summed E-state index contributed by atoms with van der Waals surface area (Å²) in [6.45, 7) is 7.13. The topological polar surface area (TPSA) is 60.7 Å². The van der Waals surface area contributed by atoms with Crippen molar-refractivity contribution < 1.29 is 4.79 Å². The SMILES string of the molecule is CN(C)Cc1nnc([C@@H]2CCCN(C(=O)CN3CCCN(C)CC3)C2)n1C. The minimum atomic E-state index is 0.264. The van der Waals surface area contributed by atoms with Crippen molar-refractivity contribution in [2.24, 2.45) is 7.05 Å². The molecule has 2 aliphatic rings. The monoisotopic (exact) mass is 377 g/mol. The first-order chi connectivity index (χ1) is 12.9. The molecule has 3 rings (SSSR count). The van der Waals surface area contributed by atoms with E-state index in [9.17, 15) is 4.79 Å². The van der Waals surface area contributed by atoms with E-state index in [2.05, 4.69) is 36.5 Å². The van der Waals surface area contributed by atoms with Crippen molar-refractivity contribution in [1.82, 2.24) is 34.4 Å². The predicted octanol–water partition coefficient (Wildman–Crippen LogP) is 0.220. The third kappa shape index (κ3) is 5.27. The van der Waals surface area contributed by atoms with Crippen molar-refractivity contribution in [3.63, 3.8) is 0 Å². The van der Waals surface area contributed by atoms with E-state index < -0.39 is 0 Å². The van der Waals surface area contributed by atoms with E-state index in [0.29, 0.717) is 6.54 Å². The van der Waals surface area contributed by atoms with Crippen LogP contribution in [0.25, 0.3) is 0 Å². The lowest BCUT2D eigenvalue weighted by molar-refractivity contribution is -0.133. The normalized spacial score (nSPS) is 23.0. The molecule has 0 saturated carbocycles. The molecule has 1 amide bonds. The number of rotatable bonds is 5. The maximum Gasteiger partial charge on any atom is 0.236 e. The maximum absolute atomic E-state index is 12.9. The Morgan fingerprint density at radius 2 is 1.89 bits per heavy atom. The first kappa shape index (κ1) is 20.2. The van der Waals surface area contributed by atoms with Crippen LogP contribution in [0.5, 0.6) is 0 Å². The predicted molar refractivity (Wildman–Crippen MR) is 106 cm³/mol. The summed E-state index contributed by atoms with van der Waals surface area (Å²) >= 11 is 0. The van der Waals surface area contributed by atoms with Crippen LogP contribution in [0.1, 0.15) is 36.8 Å². The third-order valence-corrected chi connectivity index (χ3v) is 5.77. The van der Waals surface area contributed by atoms with Gasteiger partial charge in [-0.15, -0.1) is 10.2 Å². The number of piperidine rings is 1. The molecular weight excluding hydrogens is 342 g/mol. The Kier molecular flexibility index (Phi) is 6.83. The molecule has 2 fully saturated rings. The molecule has 8 heteroatoms. The standard InChI is InChI=1S/C19H35N7O/c1-22(2)14-17-20-21-19(24(17)4)16-7-5-10-26(13-16)18(27)15-25-9-6-8-23(3)11-12-25/h16H,5-15H2,1-4H3/t16-/m1/s1. The van der Waals surface area contributed by atoms with E-state index in [0.717, 1.165) is 76.7 Å². The van der Waals surface area contributed by atoms with Gasteiger partial charge in [0, 0.05) is 39.1 Å². The van der Waals surface area contributed by atoms with Crippen LogP contribution >= 0.6 is 0 Å². The summed E-state index contributed by atoms with van der Waals surface area (Å²) in [7, 11) is 8.28. The molecule has 27 heavy (non-hydrogen) atoms. The molecule has 1 aromatic heterocycles. The highest BCUT2D eigenvalue weighted by atomic mass is 16.2. The first-order valence-corrected chi connectivity index (χ1v) is 10.2. The highest BCUT2D eigenvalue weighted by Crippen LogP contribution is 2.26. The summed E-state index contributed by atoms with van der Waals surface area (Å²) < 4.78 is 2.11. The summed E-state index contributed by atoms with van der Waals surface area (Å²) in [5.74, 6) is 2.54. The molecule has 1 atom stereocenters. The van der Waals surface area contributed by atoms with E-state index in [4.69, 9.17) is 0 Å². The Labute approximate surface area is 163 Å². The minimum Gasteiger partial charge on any atom is -0.341 e. The Morgan fingerprint density at radius 3 is 2.67 bits per heavy atom. The molecule has 0 radical (unpaired) electrons. The molecule has 2 saturated heterocycles. The molecule has 1 aromatic rings. The summed E-state index contributed by atoms with van der Waals surface area (Å²) in [6.07, 6.45) is 3.25. The zero-order valence-electron chi connectivity index (χ0n) is 17.4. The lowest BCUT2D eigenvalue weighted by Crippen LogP contribution is -2.45. The second kappa shape index (κ2) is 9.12. The van der Waals surface area contributed by atoms with Crippen LogP contribution in [-0.2, 0) is 18.4 Å². The number of amides is 1. The van der Waals surface area contributed by atoms with Crippen molar-refractivity contribution in [2.75, 3.05) is 67.0 Å². The summed E-state index contributed by atoms with van der Waals surface area (Å²) in [4.78, 5) is 21.7. The van der Waals surface area contributed by atoms with Crippen LogP contribution in [-0.4, -0.2) is 107 Å². The van der Waals surface area contributed by atoms with Gasteiger partial charge in [-0.3, -0.25) is 9.69 Å². The first-order valence-electron chi connectivity index (χ1n) is 10.2. The fourth-order valence-corrected chi connectivity index (χ4v) is 4.12. The number of carbonyl (C=O) groups excluding carboxylic acids is 1. The second-order valence-electron chi connectivity index (χ2n) is 8.38. The number of nitrogens with zero attached hydrogens (tertiary/aromatic N) is 7. The third-order valence-electron chi connectivity index (χ3n) is 5.77. The second-order valence-corrected chi connectivity index (χ2v) is 8.38. The van der Waals surface area contributed by atoms with Crippen LogP contribution in [0, 0.1) is 0 Å². The molecule has 0 unspecified atom stereocenters. The van der Waals surface area contributed by atoms with Gasteiger partial charge in [-0.05, 0) is 53.5 Å². The van der Waals surface area contributed by atoms with Gasteiger partial charge in [-0.2, -0.15) is 0 Å². The van der Waals surface area contributed by atoms with E-state index >= 15 is 0 Å². The van der Waals surface area contributed by atoms with Gasteiger partial charge in [-0.25, -0.2) is 0 Å². The van der Waals surface area contributed by atoms with Crippen LogP contribution in [0.4, 0.5) is 0 Å². The molecule has 0 aliphatic carbocycles. The maximum atomic E-state index is 12.9. The lowest BCUT2D eigenvalue weighted by Gasteiger charge is -2.33. The van der Waals surface area contributed by atoms with E-state index in [1.54, 1.807) is 0 Å². The Balaban J connectivity index is 1.59. The van der Waals surface area contributed by atoms with Gasteiger partial charge in [0.1, 0.15) is 11.6 Å². The number of likely N-dealkylation sites (tertiary alicyclic amines) is 1. The molecular formula is C19H35N7O. The minimum absolute atomic E-state index is 0.264. The van der Waals surface area contributed by atoms with Crippen LogP contribution in [0.15, 0.2) is 0 Å². The molecule has 0 aromatic carbocycles. The molecule has 0 bridgehead atoms. The van der Waals surface area contributed by atoms with Gasteiger partial charge in [0.15, 0.2) is 0 Å². The molecule has 152 valence electrons. The number of likely N-dealkylation sites (N-methyl/N-ethyl adjacent to an activating group) is 1. The number of aromatic nitrogens is 3. The van der Waals surface area contributed by atoms with E-state index in [1.807, 2.05) is 26.0 Å². The van der Waals surface area contributed by atoms with Gasteiger partial charge >= 0.3 is 0 Å². The molecule has 0 spiro atoms. The molecule has 3 heterocycles. The van der Waals surface area contributed by atoms with Crippen LogP contribution in [0.3, 0.4) is 0 Å². The lowest BCUT2D eigenvalue weighted by atomic mass is 9.97. The Bertz CT molecular complexity index is 630. The quantitative estimate of drug-likeness (QED) is 0.732. The highest BCUT2D eigenvalue weighted by Gasteiger charge is 2.29. The van der Waals surface area contributed by atoms with Crippen LogP contribution in [0.2, 0.25) is 0 Å². The van der Waals surface area contributed by atoms with E-state index in [1.165, 1.54) is 0 Å². The number of hydrogen-bond acceptors (Lipinski definition) is 6. The largest absolute Gasteiger partial charge is 0.341 e. The average Bonchev–Trinajstić information content (AvgIpc) is 2.86. The Morgan fingerprint density at radius 1 is 1.07 bits per heavy atom. The highest BCUT2D eigenvalue weighted by molar-refractivity contribution is 5.78. The van der Waals surface area contributed by atoms with Gasteiger partial charge < -0.3 is 19.3 Å². The van der Waals surface area contributed by atoms with Gasteiger partial charge in [0.25, 0.3) is 0 Å². The van der Waals surface area contributed by atoms with E-state index in [-0.39, 0.29) is 11.8 Å². The van der Waals surface area contributed by atoms with Crippen molar-refractivity contribution >= 4 is 5.91 Å². The van der Waals surface area contributed by atoms with Crippen molar-refractivity contribution in [2.45, 2.75) is 31.7 Å². The Hall–Kier alpha value is -1.51. The summed E-state index contributed by atoms with van der Waals surface area (Å²) in [5.41, 5.74) is 0. The van der Waals surface area contributed by atoms with Crippen molar-refractivity contribution in [3.8, 4) is 0 Å². The average molecular weight is 378 g/mol. The fraction of sp³-hybridized carbons (Fsp3) is 0.842.